The summed E-state index contributed by atoms with van der Waals surface area (Å²) in [6.45, 7) is 5.03. The molecule has 0 unspecified atom stereocenters. The number of anilines is 1. The Morgan fingerprint density at radius 2 is 1.56 bits per heavy atom. The highest BCUT2D eigenvalue weighted by Gasteiger charge is 2.39. The van der Waals surface area contributed by atoms with E-state index in [9.17, 15) is 31.1 Å². The molecule has 0 saturated carbocycles. The molecule has 34 heavy (non-hydrogen) atoms. The second-order valence-corrected chi connectivity index (χ2v) is 10.8. The maximum atomic E-state index is 13.0. The third-order valence-corrected chi connectivity index (χ3v) is 7.53. The highest BCUT2D eigenvalue weighted by Crippen LogP contribution is 2.37. The van der Waals surface area contributed by atoms with Crippen LogP contribution < -0.4 is 5.32 Å². The van der Waals surface area contributed by atoms with Crippen molar-refractivity contribution in [3.05, 3.63) is 50.1 Å². The van der Waals surface area contributed by atoms with Gasteiger partial charge in [-0.1, -0.05) is 0 Å². The van der Waals surface area contributed by atoms with Crippen LogP contribution in [0.25, 0.3) is 0 Å². The minimum atomic E-state index is -4.97. The second-order valence-electron chi connectivity index (χ2n) is 8.30. The zero-order chi connectivity index (χ0) is 24.7. The number of rotatable bonds is 4. The molecule has 0 spiro atoms. The Bertz CT molecular complexity index is 997. The molecular formula is C21H21BrF6N4OS. The fourth-order valence-electron chi connectivity index (χ4n) is 4.03. The number of likely N-dealkylation sites (tertiary alicyclic amines) is 1. The van der Waals surface area contributed by atoms with Crippen molar-refractivity contribution in [1.82, 2.24) is 14.7 Å². The summed E-state index contributed by atoms with van der Waals surface area (Å²) in [5.41, 5.74) is -3.47. The van der Waals surface area contributed by atoms with Crippen molar-refractivity contribution in [3.8, 4) is 0 Å². The first-order valence-electron chi connectivity index (χ1n) is 10.4. The highest BCUT2D eigenvalue weighted by atomic mass is 79.9. The Balaban J connectivity index is 1.29. The maximum Gasteiger partial charge on any atom is 0.416 e. The first kappa shape index (κ1) is 25.3. The molecule has 0 aliphatic carbocycles. The fraction of sp³-hybridized carbons (Fsp3) is 0.476. The molecule has 2 aliphatic rings. The molecule has 1 aromatic heterocycles. The molecule has 4 rings (SSSR count). The summed E-state index contributed by atoms with van der Waals surface area (Å²) in [7, 11) is 0. The van der Waals surface area contributed by atoms with Gasteiger partial charge in [0.15, 0.2) is 0 Å². The van der Waals surface area contributed by atoms with Crippen LogP contribution in [-0.4, -0.2) is 66.0 Å². The van der Waals surface area contributed by atoms with Crippen LogP contribution in [0, 0.1) is 0 Å². The summed E-state index contributed by atoms with van der Waals surface area (Å²) in [5, 5.41) is 2.19. The average molecular weight is 571 g/mol. The Kier molecular flexibility index (Phi) is 7.19. The zero-order valence-corrected chi connectivity index (χ0v) is 20.1. The Morgan fingerprint density at radius 1 is 0.971 bits per heavy atom. The molecule has 1 N–H and O–H groups in total. The van der Waals surface area contributed by atoms with Gasteiger partial charge < -0.3 is 10.2 Å². The number of carbonyl (C=O) groups excluding carboxylic acids is 1. The molecule has 2 saturated heterocycles. The average Bonchev–Trinajstić information content (AvgIpc) is 3.11. The molecular weight excluding hydrogens is 550 g/mol. The third kappa shape index (κ3) is 6.04. The quantitative estimate of drug-likeness (QED) is 0.488. The number of amides is 2. The molecule has 13 heteroatoms. The number of urea groups is 1. The molecule has 3 heterocycles. The first-order valence-corrected chi connectivity index (χ1v) is 12.1. The van der Waals surface area contributed by atoms with Gasteiger partial charge in [0.1, 0.15) is 0 Å². The van der Waals surface area contributed by atoms with E-state index >= 15 is 0 Å². The molecule has 0 radical (unpaired) electrons. The molecule has 1 aromatic carbocycles. The number of carbonyl (C=O) groups is 1. The highest BCUT2D eigenvalue weighted by molar-refractivity contribution is 9.11. The van der Waals surface area contributed by atoms with Gasteiger partial charge in [-0.15, -0.1) is 11.3 Å². The van der Waals surface area contributed by atoms with Crippen LogP contribution in [0.3, 0.4) is 0 Å². The minimum Gasteiger partial charge on any atom is -0.321 e. The van der Waals surface area contributed by atoms with Crippen molar-refractivity contribution in [2.45, 2.75) is 24.9 Å². The summed E-state index contributed by atoms with van der Waals surface area (Å²) >= 11 is 5.16. The van der Waals surface area contributed by atoms with Crippen molar-refractivity contribution in [2.24, 2.45) is 0 Å². The Hall–Kier alpha value is -1.83. The lowest BCUT2D eigenvalue weighted by atomic mass is 10.1. The lowest BCUT2D eigenvalue weighted by molar-refractivity contribution is -0.143. The van der Waals surface area contributed by atoms with Gasteiger partial charge in [0.25, 0.3) is 0 Å². The van der Waals surface area contributed by atoms with Crippen LogP contribution in [-0.2, 0) is 18.9 Å². The monoisotopic (exact) mass is 570 g/mol. The van der Waals surface area contributed by atoms with E-state index in [4.69, 9.17) is 0 Å². The standard InChI is InChI=1S/C21H21BrF6N4OS/c22-18-2-1-17(34-18)12-30-3-5-31(6-4-30)16-10-32(11-16)19(33)29-15-8-13(20(23,24)25)7-14(9-15)21(26,27)28/h1-2,7-9,16H,3-6,10-12H2,(H,29,33). The Morgan fingerprint density at radius 3 is 2.06 bits per heavy atom. The maximum absolute atomic E-state index is 13.0. The smallest absolute Gasteiger partial charge is 0.321 e. The number of nitrogens with one attached hydrogen (secondary N) is 1. The van der Waals surface area contributed by atoms with Gasteiger partial charge in [0, 0.05) is 62.4 Å². The summed E-state index contributed by atoms with van der Waals surface area (Å²) < 4.78 is 79.2. The van der Waals surface area contributed by atoms with Crippen molar-refractivity contribution in [3.63, 3.8) is 0 Å². The van der Waals surface area contributed by atoms with Gasteiger partial charge in [-0.3, -0.25) is 9.80 Å². The zero-order valence-electron chi connectivity index (χ0n) is 17.7. The number of piperazine rings is 1. The van der Waals surface area contributed by atoms with Crippen molar-refractivity contribution in [2.75, 3.05) is 44.6 Å². The number of hydrogen-bond acceptors (Lipinski definition) is 4. The number of nitrogens with zero attached hydrogens (tertiary/aromatic N) is 3. The van der Waals surface area contributed by atoms with E-state index in [2.05, 4.69) is 37.1 Å². The van der Waals surface area contributed by atoms with Crippen molar-refractivity contribution >= 4 is 39.0 Å². The molecule has 186 valence electrons. The predicted octanol–water partition coefficient (Wildman–Crippen LogP) is 5.58. The van der Waals surface area contributed by atoms with Crippen LogP contribution in [0.1, 0.15) is 16.0 Å². The van der Waals surface area contributed by atoms with Gasteiger partial charge in [-0.2, -0.15) is 26.3 Å². The van der Waals surface area contributed by atoms with Gasteiger partial charge in [0.05, 0.1) is 14.9 Å². The van der Waals surface area contributed by atoms with Gasteiger partial charge in [0.2, 0.25) is 0 Å². The minimum absolute atomic E-state index is 0.0340. The number of benzene rings is 1. The molecule has 2 fully saturated rings. The molecule has 2 aliphatic heterocycles. The van der Waals surface area contributed by atoms with Crippen LogP contribution in [0.5, 0.6) is 0 Å². The van der Waals surface area contributed by atoms with Crippen LogP contribution in [0.4, 0.5) is 36.8 Å². The molecule has 0 bridgehead atoms. The number of alkyl halides is 6. The summed E-state index contributed by atoms with van der Waals surface area (Å²) in [4.78, 5) is 19.7. The topological polar surface area (TPSA) is 38.8 Å². The number of hydrogen-bond donors (Lipinski definition) is 1. The van der Waals surface area contributed by atoms with Crippen molar-refractivity contribution in [1.29, 1.82) is 0 Å². The molecule has 0 atom stereocenters. The molecule has 2 amide bonds. The van der Waals surface area contributed by atoms with E-state index in [1.165, 1.54) is 9.78 Å². The summed E-state index contributed by atoms with van der Waals surface area (Å²) in [6.07, 6.45) is -9.94. The van der Waals surface area contributed by atoms with Crippen molar-refractivity contribution < 1.29 is 31.1 Å². The number of thiophene rings is 1. The lowest BCUT2D eigenvalue weighted by Crippen LogP contribution is -2.64. The van der Waals surface area contributed by atoms with Crippen LogP contribution >= 0.6 is 27.3 Å². The lowest BCUT2D eigenvalue weighted by Gasteiger charge is -2.48. The van der Waals surface area contributed by atoms with Gasteiger partial charge >= 0.3 is 18.4 Å². The van der Waals surface area contributed by atoms with E-state index in [-0.39, 0.29) is 12.1 Å². The SMILES string of the molecule is O=C(Nc1cc(C(F)(F)F)cc(C(F)(F)F)c1)N1CC(N2CCN(Cc3ccc(Br)s3)CC2)C1. The van der Waals surface area contributed by atoms with E-state index in [0.29, 0.717) is 25.2 Å². The van der Waals surface area contributed by atoms with E-state index < -0.39 is 35.2 Å². The van der Waals surface area contributed by atoms with Gasteiger partial charge in [-0.05, 0) is 46.3 Å². The van der Waals surface area contributed by atoms with E-state index in [0.717, 1.165) is 36.5 Å². The second kappa shape index (κ2) is 9.67. The first-order chi connectivity index (χ1) is 15.9. The molecule has 2 aromatic rings. The summed E-state index contributed by atoms with van der Waals surface area (Å²) in [6, 6.07) is 4.57. The number of halogens is 7. The fourth-order valence-corrected chi connectivity index (χ4v) is 5.55. The van der Waals surface area contributed by atoms with Crippen LogP contribution in [0.2, 0.25) is 0 Å². The third-order valence-electron chi connectivity index (χ3n) is 5.92. The van der Waals surface area contributed by atoms with E-state index in [1.54, 1.807) is 11.3 Å². The largest absolute Gasteiger partial charge is 0.416 e. The Labute approximate surface area is 204 Å². The van der Waals surface area contributed by atoms with Gasteiger partial charge in [-0.25, -0.2) is 4.79 Å². The summed E-state index contributed by atoms with van der Waals surface area (Å²) in [5.74, 6) is 0. The normalized spacial score (nSPS) is 18.7. The van der Waals surface area contributed by atoms with E-state index in [1.807, 2.05) is 6.07 Å². The molecule has 5 nitrogen and oxygen atoms in total. The predicted molar refractivity (Wildman–Crippen MR) is 120 cm³/mol. The van der Waals surface area contributed by atoms with Crippen LogP contribution in [0.15, 0.2) is 34.1 Å².